The number of fused-ring (bicyclic) bond motifs is 1. The van der Waals surface area contributed by atoms with Crippen LogP contribution in [0.3, 0.4) is 0 Å². The summed E-state index contributed by atoms with van der Waals surface area (Å²) in [5.74, 6) is -1.64. The second kappa shape index (κ2) is 12.3. The highest BCUT2D eigenvalue weighted by molar-refractivity contribution is 8.93. The Morgan fingerprint density at radius 3 is 2.41 bits per heavy atom. The van der Waals surface area contributed by atoms with Gasteiger partial charge < -0.3 is 29.1 Å². The highest BCUT2D eigenvalue weighted by Gasteiger charge is 2.33. The Labute approximate surface area is 225 Å². The maximum atomic E-state index is 15.3. The SMILES string of the molecule is Br.CCOc1cc2c(c(F)c1OCC)C(=N)N(CC(=O)c1cc(OCC(=O)O)cc(N3CCCC3)c1)C2. The molecule has 2 aliphatic rings. The highest BCUT2D eigenvalue weighted by Crippen LogP contribution is 2.39. The number of anilines is 1. The van der Waals surface area contributed by atoms with Crippen molar-refractivity contribution in [1.82, 2.24) is 4.90 Å². The molecule has 0 bridgehead atoms. The lowest BCUT2D eigenvalue weighted by molar-refractivity contribution is -0.139. The number of nitrogens with zero attached hydrogens (tertiary/aromatic N) is 2. The molecule has 2 aliphatic heterocycles. The summed E-state index contributed by atoms with van der Waals surface area (Å²) in [5.41, 5.74) is 1.78. The van der Waals surface area contributed by atoms with E-state index in [1.54, 1.807) is 32.0 Å². The van der Waals surface area contributed by atoms with E-state index in [2.05, 4.69) is 4.90 Å². The Hall–Kier alpha value is -3.34. The van der Waals surface area contributed by atoms with Crippen molar-refractivity contribution >= 4 is 40.3 Å². The highest BCUT2D eigenvalue weighted by atomic mass is 79.9. The fourth-order valence-corrected chi connectivity index (χ4v) is 4.55. The summed E-state index contributed by atoms with van der Waals surface area (Å²) in [6, 6.07) is 6.67. The molecule has 200 valence electrons. The minimum Gasteiger partial charge on any atom is -0.490 e. The van der Waals surface area contributed by atoms with Crippen molar-refractivity contribution in [2.24, 2.45) is 0 Å². The summed E-state index contributed by atoms with van der Waals surface area (Å²) in [5, 5.41) is 17.5. The standard InChI is InChI=1S/C26H30FN3O6.BrH/c1-3-34-21-11-17-13-30(26(28)23(17)24(27)25(21)35-4-2)14-20(31)16-9-18(29-7-5-6-8-29)12-19(10-16)36-15-22(32)33;/h9-12,28H,3-8,13-15H2,1-2H3,(H,32,33);1H. The summed E-state index contributed by atoms with van der Waals surface area (Å²) in [6.07, 6.45) is 2.07. The van der Waals surface area contributed by atoms with Crippen LogP contribution in [-0.2, 0) is 11.3 Å². The first-order chi connectivity index (χ1) is 17.3. The Kier molecular flexibility index (Phi) is 9.36. The van der Waals surface area contributed by atoms with Crippen LogP contribution in [0.25, 0.3) is 0 Å². The molecule has 9 nitrogen and oxygen atoms in total. The van der Waals surface area contributed by atoms with Crippen molar-refractivity contribution < 1.29 is 33.3 Å². The Bertz CT molecular complexity index is 1190. The van der Waals surface area contributed by atoms with Gasteiger partial charge in [0.2, 0.25) is 0 Å². The van der Waals surface area contributed by atoms with Crippen LogP contribution in [0, 0.1) is 11.2 Å². The average molecular weight is 580 g/mol. The van der Waals surface area contributed by atoms with Crippen LogP contribution >= 0.6 is 17.0 Å². The lowest BCUT2D eigenvalue weighted by atomic mass is 10.1. The summed E-state index contributed by atoms with van der Waals surface area (Å²) >= 11 is 0. The quantitative estimate of drug-likeness (QED) is 0.379. The number of hydrogen-bond donors (Lipinski definition) is 2. The van der Waals surface area contributed by atoms with Gasteiger partial charge in [-0.05, 0) is 50.5 Å². The van der Waals surface area contributed by atoms with E-state index in [9.17, 15) is 9.59 Å². The first kappa shape index (κ1) is 28.2. The van der Waals surface area contributed by atoms with E-state index >= 15 is 4.39 Å². The largest absolute Gasteiger partial charge is 0.490 e. The number of carbonyl (C=O) groups excluding carboxylic acids is 1. The maximum Gasteiger partial charge on any atom is 0.341 e. The Balaban J connectivity index is 0.00000380. The molecule has 37 heavy (non-hydrogen) atoms. The number of ether oxygens (including phenoxy) is 3. The number of carboxylic acid groups (broad SMARTS) is 1. The molecule has 0 aromatic heterocycles. The molecule has 0 amide bonds. The van der Waals surface area contributed by atoms with Gasteiger partial charge in [0.15, 0.2) is 29.7 Å². The molecule has 2 N–H and O–H groups in total. The van der Waals surface area contributed by atoms with Gasteiger partial charge in [0, 0.05) is 37.0 Å². The number of hydrogen-bond acceptors (Lipinski definition) is 7. The molecule has 0 saturated carbocycles. The van der Waals surface area contributed by atoms with Crippen molar-refractivity contribution in [3.05, 3.63) is 46.8 Å². The van der Waals surface area contributed by atoms with Gasteiger partial charge >= 0.3 is 5.97 Å². The molecule has 11 heteroatoms. The van der Waals surface area contributed by atoms with Gasteiger partial charge in [-0.25, -0.2) is 9.18 Å². The molecule has 4 rings (SSSR count). The Morgan fingerprint density at radius 2 is 1.76 bits per heavy atom. The lowest BCUT2D eigenvalue weighted by Crippen LogP contribution is -2.30. The molecule has 1 fully saturated rings. The topological polar surface area (TPSA) is 112 Å². The van der Waals surface area contributed by atoms with E-state index in [0.29, 0.717) is 23.5 Å². The van der Waals surface area contributed by atoms with Gasteiger partial charge in [-0.1, -0.05) is 0 Å². The zero-order valence-corrected chi connectivity index (χ0v) is 22.6. The third-order valence-electron chi connectivity index (χ3n) is 6.15. The first-order valence-corrected chi connectivity index (χ1v) is 12.0. The number of carboxylic acids is 1. The number of Topliss-reactive ketones (excluding diaryl/α,β-unsaturated/α-hetero) is 1. The molecule has 0 atom stereocenters. The first-order valence-electron chi connectivity index (χ1n) is 12.0. The lowest BCUT2D eigenvalue weighted by Gasteiger charge is -2.21. The van der Waals surface area contributed by atoms with Gasteiger partial charge in [-0.15, -0.1) is 17.0 Å². The van der Waals surface area contributed by atoms with Crippen molar-refractivity contribution in [2.75, 3.05) is 44.4 Å². The number of rotatable bonds is 11. The number of ketones is 1. The third kappa shape index (κ3) is 6.15. The maximum absolute atomic E-state index is 15.3. The molecule has 2 heterocycles. The Morgan fingerprint density at radius 1 is 1.05 bits per heavy atom. The summed E-state index contributed by atoms with van der Waals surface area (Å²) in [4.78, 5) is 27.9. The molecule has 2 aromatic rings. The van der Waals surface area contributed by atoms with Gasteiger partial charge in [0.05, 0.1) is 25.3 Å². The second-order valence-corrected chi connectivity index (χ2v) is 8.64. The van der Waals surface area contributed by atoms with E-state index < -0.39 is 18.4 Å². The van der Waals surface area contributed by atoms with E-state index in [1.807, 2.05) is 0 Å². The van der Waals surface area contributed by atoms with Crippen LogP contribution in [0.2, 0.25) is 0 Å². The van der Waals surface area contributed by atoms with Crippen molar-refractivity contribution in [3.63, 3.8) is 0 Å². The molecule has 2 aromatic carbocycles. The van der Waals surface area contributed by atoms with Crippen molar-refractivity contribution in [2.45, 2.75) is 33.2 Å². The molecular weight excluding hydrogens is 549 g/mol. The predicted molar refractivity (Wildman–Crippen MR) is 142 cm³/mol. The summed E-state index contributed by atoms with van der Waals surface area (Å²) < 4.78 is 31.7. The minimum absolute atomic E-state index is 0. The summed E-state index contributed by atoms with van der Waals surface area (Å²) in [6.45, 7) is 5.29. The van der Waals surface area contributed by atoms with E-state index in [1.165, 1.54) is 11.0 Å². The van der Waals surface area contributed by atoms with E-state index in [4.69, 9.17) is 24.7 Å². The van der Waals surface area contributed by atoms with Gasteiger partial charge in [0.25, 0.3) is 0 Å². The van der Waals surface area contributed by atoms with Crippen LogP contribution in [-0.4, -0.2) is 67.0 Å². The number of aliphatic carboxylic acids is 1. The smallest absolute Gasteiger partial charge is 0.341 e. The molecule has 0 aliphatic carbocycles. The van der Waals surface area contributed by atoms with Crippen LogP contribution in [0.5, 0.6) is 17.2 Å². The van der Waals surface area contributed by atoms with Gasteiger partial charge in [-0.3, -0.25) is 10.2 Å². The number of benzene rings is 2. The zero-order valence-electron chi connectivity index (χ0n) is 20.8. The van der Waals surface area contributed by atoms with E-state index in [-0.39, 0.29) is 65.4 Å². The minimum atomic E-state index is -1.11. The second-order valence-electron chi connectivity index (χ2n) is 8.64. The molecule has 0 unspecified atom stereocenters. The van der Waals surface area contributed by atoms with Crippen LogP contribution in [0.1, 0.15) is 48.2 Å². The average Bonchev–Trinajstić information content (AvgIpc) is 3.49. The number of halogens is 2. The van der Waals surface area contributed by atoms with Gasteiger partial charge in [0.1, 0.15) is 11.6 Å². The molecular formula is C26H31BrFN3O6. The monoisotopic (exact) mass is 579 g/mol. The predicted octanol–water partition coefficient (Wildman–Crippen LogP) is 4.29. The summed E-state index contributed by atoms with van der Waals surface area (Å²) in [7, 11) is 0. The fourth-order valence-electron chi connectivity index (χ4n) is 4.55. The number of nitrogens with one attached hydrogen (secondary N) is 1. The normalized spacial score (nSPS) is 14.3. The van der Waals surface area contributed by atoms with Crippen LogP contribution < -0.4 is 19.1 Å². The van der Waals surface area contributed by atoms with Crippen molar-refractivity contribution in [3.8, 4) is 17.2 Å². The fraction of sp³-hybridized carbons (Fsp3) is 0.423. The van der Waals surface area contributed by atoms with Crippen LogP contribution in [0.15, 0.2) is 24.3 Å². The number of amidine groups is 1. The van der Waals surface area contributed by atoms with Crippen LogP contribution in [0.4, 0.5) is 10.1 Å². The zero-order chi connectivity index (χ0) is 25.8. The third-order valence-corrected chi connectivity index (χ3v) is 6.15. The van der Waals surface area contributed by atoms with E-state index in [0.717, 1.165) is 31.6 Å². The van der Waals surface area contributed by atoms with Crippen molar-refractivity contribution in [1.29, 1.82) is 5.41 Å². The number of carbonyl (C=O) groups is 2. The molecule has 0 radical (unpaired) electrons. The molecule has 0 spiro atoms. The van der Waals surface area contributed by atoms with Gasteiger partial charge in [-0.2, -0.15) is 0 Å². The molecule has 1 saturated heterocycles.